The molecular weight excluding hydrogens is 322 g/mol. The molecule has 1 aliphatic rings. The van der Waals surface area contributed by atoms with E-state index < -0.39 is 10.0 Å². The highest BCUT2D eigenvalue weighted by molar-refractivity contribution is 7.92. The van der Waals surface area contributed by atoms with Crippen molar-refractivity contribution in [2.24, 2.45) is 0 Å². The molecule has 0 saturated carbocycles. The number of piperidine rings is 1. The van der Waals surface area contributed by atoms with Crippen molar-refractivity contribution in [2.45, 2.75) is 23.8 Å². The molecule has 2 N–H and O–H groups in total. The summed E-state index contributed by atoms with van der Waals surface area (Å²) >= 11 is 0. The van der Waals surface area contributed by atoms with Gasteiger partial charge in [0.1, 0.15) is 0 Å². The summed E-state index contributed by atoms with van der Waals surface area (Å²) in [5.74, 6) is 0. The van der Waals surface area contributed by atoms with Crippen LogP contribution in [0.5, 0.6) is 0 Å². The van der Waals surface area contributed by atoms with Gasteiger partial charge in [-0.25, -0.2) is 8.42 Å². The number of anilines is 2. The second-order valence-electron chi connectivity index (χ2n) is 6.22. The second-order valence-corrected chi connectivity index (χ2v) is 7.90. The number of hydrogen-bond acceptors (Lipinski definition) is 4. The molecule has 0 aromatic heterocycles. The number of nitrogens with zero attached hydrogens (tertiary/aromatic N) is 1. The molecule has 24 heavy (non-hydrogen) atoms. The molecule has 1 saturated heterocycles. The van der Waals surface area contributed by atoms with Gasteiger partial charge in [0.05, 0.1) is 10.6 Å². The molecule has 0 unspecified atom stereocenters. The lowest BCUT2D eigenvalue weighted by molar-refractivity contribution is 0.264. The average Bonchev–Trinajstić information content (AvgIpc) is 2.58. The molecular formula is C18H23N3O2S. The van der Waals surface area contributed by atoms with Crippen LogP contribution in [0.2, 0.25) is 0 Å². The van der Waals surface area contributed by atoms with Crippen molar-refractivity contribution in [3.8, 4) is 0 Å². The largest absolute Gasteiger partial charge is 0.382 e. The van der Waals surface area contributed by atoms with Gasteiger partial charge >= 0.3 is 0 Å². The summed E-state index contributed by atoms with van der Waals surface area (Å²) in [5, 5.41) is 3.51. The summed E-state index contributed by atoms with van der Waals surface area (Å²) in [5.41, 5.74) is 1.51. The highest BCUT2D eigenvalue weighted by Crippen LogP contribution is 2.21. The molecule has 0 bridgehead atoms. The van der Waals surface area contributed by atoms with Crippen LogP contribution in [0, 0.1) is 0 Å². The molecule has 0 radical (unpaired) electrons. The first-order valence-corrected chi connectivity index (χ1v) is 9.64. The standard InChI is InChI=1S/C18H23N3O2S/c1-21-12-10-15(11-13-21)19-16-6-5-7-17(14-16)20-24(22,23)18-8-3-2-4-9-18/h2-9,14-15,19-20H,10-13H2,1H3. The lowest BCUT2D eigenvalue weighted by Crippen LogP contribution is -2.36. The van der Waals surface area contributed by atoms with Crippen LogP contribution in [0.1, 0.15) is 12.8 Å². The van der Waals surface area contributed by atoms with Crippen molar-refractivity contribution >= 4 is 21.4 Å². The van der Waals surface area contributed by atoms with Gasteiger partial charge in [-0.05, 0) is 63.3 Å². The SMILES string of the molecule is CN1CCC(Nc2cccc(NS(=O)(=O)c3ccccc3)c2)CC1. The lowest BCUT2D eigenvalue weighted by atomic mass is 10.1. The van der Waals surface area contributed by atoms with Gasteiger partial charge < -0.3 is 10.2 Å². The van der Waals surface area contributed by atoms with Gasteiger partial charge in [0.2, 0.25) is 0 Å². The average molecular weight is 345 g/mol. The molecule has 2 aromatic carbocycles. The van der Waals surface area contributed by atoms with Crippen LogP contribution in [-0.4, -0.2) is 39.5 Å². The second kappa shape index (κ2) is 7.23. The maximum absolute atomic E-state index is 12.4. The Bertz CT molecular complexity index is 770. The van der Waals surface area contributed by atoms with E-state index in [1.807, 2.05) is 18.2 Å². The van der Waals surface area contributed by atoms with Gasteiger partial charge in [0.15, 0.2) is 0 Å². The predicted molar refractivity (Wildman–Crippen MR) is 97.8 cm³/mol. The number of benzene rings is 2. The van der Waals surface area contributed by atoms with Gasteiger partial charge in [0, 0.05) is 11.7 Å². The van der Waals surface area contributed by atoms with Gasteiger partial charge in [-0.3, -0.25) is 4.72 Å². The van der Waals surface area contributed by atoms with Crippen molar-refractivity contribution in [3.63, 3.8) is 0 Å². The topological polar surface area (TPSA) is 61.4 Å². The fourth-order valence-corrected chi connectivity index (χ4v) is 3.95. The Labute approximate surface area is 143 Å². The molecule has 1 aliphatic heterocycles. The van der Waals surface area contributed by atoms with Crippen molar-refractivity contribution in [1.82, 2.24) is 4.90 Å². The molecule has 1 heterocycles. The van der Waals surface area contributed by atoms with Crippen LogP contribution in [0.25, 0.3) is 0 Å². The fourth-order valence-electron chi connectivity index (χ4n) is 2.87. The summed E-state index contributed by atoms with van der Waals surface area (Å²) in [6.07, 6.45) is 2.19. The first-order chi connectivity index (χ1) is 11.5. The summed E-state index contributed by atoms with van der Waals surface area (Å²) in [4.78, 5) is 2.58. The van der Waals surface area contributed by atoms with Gasteiger partial charge in [-0.2, -0.15) is 0 Å². The molecule has 0 spiro atoms. The Morgan fingerprint density at radius 2 is 1.62 bits per heavy atom. The van der Waals surface area contributed by atoms with E-state index in [1.165, 1.54) is 0 Å². The summed E-state index contributed by atoms with van der Waals surface area (Å²) in [6.45, 7) is 2.16. The van der Waals surface area contributed by atoms with Gasteiger partial charge in [0.25, 0.3) is 10.0 Å². The van der Waals surface area contributed by atoms with Crippen LogP contribution < -0.4 is 10.0 Å². The Balaban J connectivity index is 1.69. The summed E-state index contributed by atoms with van der Waals surface area (Å²) in [7, 11) is -1.42. The van der Waals surface area contributed by atoms with Crippen LogP contribution >= 0.6 is 0 Å². The molecule has 0 amide bonds. The van der Waals surface area contributed by atoms with Gasteiger partial charge in [-0.1, -0.05) is 24.3 Å². The number of hydrogen-bond donors (Lipinski definition) is 2. The maximum Gasteiger partial charge on any atom is 0.261 e. The third-order valence-electron chi connectivity index (χ3n) is 4.26. The number of likely N-dealkylation sites (tertiary alicyclic amines) is 1. The minimum Gasteiger partial charge on any atom is -0.382 e. The third-order valence-corrected chi connectivity index (χ3v) is 5.65. The maximum atomic E-state index is 12.4. The number of rotatable bonds is 5. The van der Waals surface area contributed by atoms with E-state index in [4.69, 9.17) is 0 Å². The normalized spacial score (nSPS) is 16.7. The fraction of sp³-hybridized carbons (Fsp3) is 0.333. The Morgan fingerprint density at radius 1 is 0.958 bits per heavy atom. The van der Waals surface area contributed by atoms with Crippen molar-refractivity contribution < 1.29 is 8.42 Å². The van der Waals surface area contributed by atoms with Crippen LogP contribution in [0.4, 0.5) is 11.4 Å². The predicted octanol–water partition coefficient (Wildman–Crippen LogP) is 2.99. The van der Waals surface area contributed by atoms with E-state index in [1.54, 1.807) is 36.4 Å². The van der Waals surface area contributed by atoms with Gasteiger partial charge in [-0.15, -0.1) is 0 Å². The minimum absolute atomic E-state index is 0.263. The lowest BCUT2D eigenvalue weighted by Gasteiger charge is -2.30. The van der Waals surface area contributed by atoms with Crippen LogP contribution in [0.15, 0.2) is 59.5 Å². The Morgan fingerprint density at radius 3 is 2.33 bits per heavy atom. The van der Waals surface area contributed by atoms with E-state index in [0.717, 1.165) is 31.6 Å². The smallest absolute Gasteiger partial charge is 0.261 e. The zero-order valence-electron chi connectivity index (χ0n) is 13.8. The van der Waals surface area contributed by atoms with E-state index >= 15 is 0 Å². The van der Waals surface area contributed by atoms with Crippen LogP contribution in [0.3, 0.4) is 0 Å². The molecule has 0 atom stereocenters. The molecule has 2 aromatic rings. The Kier molecular flexibility index (Phi) is 5.06. The zero-order chi connectivity index (χ0) is 17.0. The molecule has 1 fully saturated rings. The summed E-state index contributed by atoms with van der Waals surface area (Å²) in [6, 6.07) is 16.3. The van der Waals surface area contributed by atoms with Crippen LogP contribution in [-0.2, 0) is 10.0 Å². The summed E-state index contributed by atoms with van der Waals surface area (Å²) < 4.78 is 27.4. The van der Waals surface area contributed by atoms with Crippen molar-refractivity contribution in [3.05, 3.63) is 54.6 Å². The van der Waals surface area contributed by atoms with E-state index in [-0.39, 0.29) is 4.90 Å². The van der Waals surface area contributed by atoms with Crippen molar-refractivity contribution in [1.29, 1.82) is 0 Å². The molecule has 3 rings (SSSR count). The monoisotopic (exact) mass is 345 g/mol. The molecule has 128 valence electrons. The van der Waals surface area contributed by atoms with Crippen molar-refractivity contribution in [2.75, 3.05) is 30.2 Å². The zero-order valence-corrected chi connectivity index (χ0v) is 14.6. The highest BCUT2D eigenvalue weighted by Gasteiger charge is 2.17. The van der Waals surface area contributed by atoms with E-state index in [0.29, 0.717) is 11.7 Å². The minimum atomic E-state index is -3.55. The van der Waals surface area contributed by atoms with E-state index in [2.05, 4.69) is 22.0 Å². The Hall–Kier alpha value is -2.05. The molecule has 0 aliphatic carbocycles. The van der Waals surface area contributed by atoms with E-state index in [9.17, 15) is 8.42 Å². The quantitative estimate of drug-likeness (QED) is 0.874. The highest BCUT2D eigenvalue weighted by atomic mass is 32.2. The third kappa shape index (κ3) is 4.27. The molecule has 5 nitrogen and oxygen atoms in total. The molecule has 6 heteroatoms. The number of nitrogens with one attached hydrogen (secondary N) is 2. The first kappa shape index (κ1) is 16.8. The number of sulfonamides is 1. The first-order valence-electron chi connectivity index (χ1n) is 8.16.